The van der Waals surface area contributed by atoms with Crippen molar-refractivity contribution >= 4 is 23.3 Å². The van der Waals surface area contributed by atoms with Crippen molar-refractivity contribution < 1.29 is 24.9 Å². The van der Waals surface area contributed by atoms with Crippen LogP contribution in [0.3, 0.4) is 0 Å². The van der Waals surface area contributed by atoms with E-state index in [2.05, 4.69) is 11.4 Å². The summed E-state index contributed by atoms with van der Waals surface area (Å²) in [5.74, 6) is -1.82. The average Bonchev–Trinajstić information content (AvgIpc) is 2.61. The third kappa shape index (κ3) is 6.29. The molecule has 0 aromatic heterocycles. The molecule has 0 unspecified atom stereocenters. The number of aliphatic carboxylic acids is 1. The van der Waals surface area contributed by atoms with Gasteiger partial charge >= 0.3 is 0 Å². The van der Waals surface area contributed by atoms with E-state index in [1.807, 2.05) is 0 Å². The summed E-state index contributed by atoms with van der Waals surface area (Å²) in [5.41, 5.74) is 1.45. The molecule has 0 saturated carbocycles. The number of benzene rings is 1. The van der Waals surface area contributed by atoms with E-state index in [0.29, 0.717) is 6.54 Å². The Labute approximate surface area is 151 Å². The molecule has 0 saturated heterocycles. The lowest BCUT2D eigenvalue weighted by Gasteiger charge is -2.18. The molecule has 2 rings (SSSR count). The van der Waals surface area contributed by atoms with Crippen molar-refractivity contribution in [3.8, 4) is 0 Å². The van der Waals surface area contributed by atoms with Crippen molar-refractivity contribution in [2.24, 2.45) is 0 Å². The second-order valence-corrected chi connectivity index (χ2v) is 6.37. The zero-order valence-corrected chi connectivity index (χ0v) is 14.5. The first-order valence-corrected chi connectivity index (χ1v) is 8.72. The molecule has 1 amide bonds. The fourth-order valence-corrected chi connectivity index (χ4v) is 2.97. The summed E-state index contributed by atoms with van der Waals surface area (Å²) < 4.78 is 0. The van der Waals surface area contributed by atoms with Crippen LogP contribution in [0.2, 0.25) is 0 Å². The van der Waals surface area contributed by atoms with E-state index in [1.165, 1.54) is 42.7 Å². The van der Waals surface area contributed by atoms with Gasteiger partial charge in [0.1, 0.15) is 6.04 Å². The molecule has 0 radical (unpaired) electrons. The predicted octanol–water partition coefficient (Wildman–Crippen LogP) is 0.496. The number of allylic oxidation sites excluding steroid dienone is 1. The molecular formula is C18H23N3O5. The molecule has 140 valence electrons. The lowest BCUT2D eigenvalue weighted by atomic mass is 9.97. The highest BCUT2D eigenvalue weighted by atomic mass is 16.6. The Balaban J connectivity index is 1.85. The maximum absolute atomic E-state index is 12.1. The smallest absolute Gasteiger partial charge is 0.271 e. The first-order valence-electron chi connectivity index (χ1n) is 8.72. The van der Waals surface area contributed by atoms with E-state index >= 15 is 0 Å². The fourth-order valence-electron chi connectivity index (χ4n) is 2.97. The molecule has 0 aliphatic heterocycles. The first-order chi connectivity index (χ1) is 12.5. The van der Waals surface area contributed by atoms with Gasteiger partial charge in [-0.25, -0.2) is 0 Å². The molecule has 1 aromatic carbocycles. The van der Waals surface area contributed by atoms with Gasteiger partial charge in [-0.05, 0) is 31.7 Å². The Morgan fingerprint density at radius 2 is 2.12 bits per heavy atom. The van der Waals surface area contributed by atoms with Gasteiger partial charge in [0.15, 0.2) is 0 Å². The Morgan fingerprint density at radius 1 is 1.31 bits per heavy atom. The van der Waals surface area contributed by atoms with Gasteiger partial charge in [0.25, 0.3) is 5.69 Å². The Bertz CT molecular complexity index is 702. The second kappa shape index (κ2) is 9.67. The van der Waals surface area contributed by atoms with Crippen LogP contribution in [-0.2, 0) is 9.59 Å². The lowest BCUT2D eigenvalue weighted by molar-refractivity contribution is -0.682. The van der Waals surface area contributed by atoms with Crippen molar-refractivity contribution in [2.45, 2.75) is 44.6 Å². The number of carbonyl (C=O) groups is 2. The number of carboxylic acids is 1. The number of carbonyl (C=O) groups excluding carboxylic acids is 2. The highest BCUT2D eigenvalue weighted by Crippen LogP contribution is 2.19. The number of hydrogen-bond acceptors (Lipinski definition) is 5. The summed E-state index contributed by atoms with van der Waals surface area (Å²) in [4.78, 5) is 33.5. The number of hydrogen-bond donors (Lipinski definition) is 2. The topological polar surface area (TPSA) is 129 Å². The zero-order chi connectivity index (χ0) is 18.9. The van der Waals surface area contributed by atoms with E-state index in [9.17, 15) is 24.8 Å². The average molecular weight is 361 g/mol. The SMILES string of the molecule is O=C(C[C@H]([NH2+]CCC1=CCCCC1)C(=O)[O-])Nc1cccc([N+](=O)[O-])c1. The minimum absolute atomic E-state index is 0.147. The number of anilines is 1. The number of amides is 1. The lowest BCUT2D eigenvalue weighted by Crippen LogP contribution is -2.93. The van der Waals surface area contributed by atoms with E-state index in [0.717, 1.165) is 19.3 Å². The number of quaternary nitrogens is 1. The molecule has 8 nitrogen and oxygen atoms in total. The summed E-state index contributed by atoms with van der Waals surface area (Å²) in [7, 11) is 0. The molecule has 0 fully saturated rings. The molecule has 0 spiro atoms. The summed E-state index contributed by atoms with van der Waals surface area (Å²) in [6.45, 7) is 0.578. The van der Waals surface area contributed by atoms with Crippen LogP contribution in [-0.4, -0.2) is 29.4 Å². The van der Waals surface area contributed by atoms with Crippen molar-refractivity contribution in [3.63, 3.8) is 0 Å². The normalized spacial score (nSPS) is 15.0. The van der Waals surface area contributed by atoms with Crippen LogP contribution in [0.25, 0.3) is 0 Å². The van der Waals surface area contributed by atoms with Crippen LogP contribution < -0.4 is 15.7 Å². The van der Waals surface area contributed by atoms with Crippen LogP contribution in [0.15, 0.2) is 35.9 Å². The third-order valence-electron chi connectivity index (χ3n) is 4.35. The Kier molecular flexibility index (Phi) is 7.28. The summed E-state index contributed by atoms with van der Waals surface area (Å²) >= 11 is 0. The maximum Gasteiger partial charge on any atom is 0.271 e. The number of non-ortho nitro benzene ring substituents is 1. The fraction of sp³-hybridized carbons (Fsp3) is 0.444. The number of rotatable bonds is 9. The summed E-state index contributed by atoms with van der Waals surface area (Å²) in [6.07, 6.45) is 7.25. The van der Waals surface area contributed by atoms with Gasteiger partial charge in [-0.1, -0.05) is 17.7 Å². The van der Waals surface area contributed by atoms with E-state index in [1.54, 1.807) is 5.32 Å². The van der Waals surface area contributed by atoms with Crippen LogP contribution in [0.4, 0.5) is 11.4 Å². The summed E-state index contributed by atoms with van der Waals surface area (Å²) in [6, 6.07) is 4.52. The minimum Gasteiger partial charge on any atom is -0.544 e. The van der Waals surface area contributed by atoms with Crippen molar-refractivity contribution in [1.29, 1.82) is 0 Å². The quantitative estimate of drug-likeness (QED) is 0.376. The van der Waals surface area contributed by atoms with Gasteiger partial charge in [0.2, 0.25) is 5.91 Å². The molecule has 1 aliphatic rings. The predicted molar refractivity (Wildman–Crippen MR) is 93.1 cm³/mol. The number of nitrogens with one attached hydrogen (secondary N) is 1. The molecule has 1 aromatic rings. The first kappa shape index (κ1) is 19.6. The molecular weight excluding hydrogens is 338 g/mol. The minimum atomic E-state index is -1.29. The standard InChI is InChI=1S/C18H23N3O5/c22-17(20-14-7-4-8-15(11-14)21(25)26)12-16(18(23)24)19-10-9-13-5-2-1-3-6-13/h4-5,7-8,11,16,19H,1-3,6,9-10,12H2,(H,20,22)(H,23,24)/t16-/m0/s1. The Morgan fingerprint density at radius 3 is 2.77 bits per heavy atom. The van der Waals surface area contributed by atoms with Gasteiger partial charge in [-0.15, -0.1) is 0 Å². The molecule has 1 aliphatic carbocycles. The number of nitro benzene ring substituents is 1. The molecule has 0 bridgehead atoms. The van der Waals surface area contributed by atoms with Gasteiger partial charge in [0.05, 0.1) is 23.9 Å². The number of carboxylic acid groups (broad SMARTS) is 1. The van der Waals surface area contributed by atoms with Crippen LogP contribution >= 0.6 is 0 Å². The van der Waals surface area contributed by atoms with Gasteiger partial charge in [-0.3, -0.25) is 14.9 Å². The van der Waals surface area contributed by atoms with Crippen molar-refractivity contribution in [1.82, 2.24) is 0 Å². The monoisotopic (exact) mass is 361 g/mol. The van der Waals surface area contributed by atoms with E-state index < -0.39 is 22.8 Å². The summed E-state index contributed by atoms with van der Waals surface area (Å²) in [5, 5.41) is 26.1. The maximum atomic E-state index is 12.1. The third-order valence-corrected chi connectivity index (χ3v) is 4.35. The van der Waals surface area contributed by atoms with E-state index in [4.69, 9.17) is 0 Å². The number of nitrogens with zero attached hydrogens (tertiary/aromatic N) is 1. The molecule has 8 heteroatoms. The number of nitro groups is 1. The van der Waals surface area contributed by atoms with Crippen LogP contribution in [0, 0.1) is 10.1 Å². The van der Waals surface area contributed by atoms with Gasteiger partial charge in [-0.2, -0.15) is 0 Å². The van der Waals surface area contributed by atoms with E-state index in [-0.39, 0.29) is 17.8 Å². The molecule has 3 N–H and O–H groups in total. The molecule has 26 heavy (non-hydrogen) atoms. The number of nitrogens with two attached hydrogens (primary N) is 1. The largest absolute Gasteiger partial charge is 0.544 e. The van der Waals surface area contributed by atoms with Gasteiger partial charge in [0, 0.05) is 24.2 Å². The highest BCUT2D eigenvalue weighted by molar-refractivity contribution is 5.93. The van der Waals surface area contributed by atoms with Gasteiger partial charge < -0.3 is 20.5 Å². The van der Waals surface area contributed by atoms with Crippen molar-refractivity contribution in [3.05, 3.63) is 46.0 Å². The second-order valence-electron chi connectivity index (χ2n) is 6.37. The highest BCUT2D eigenvalue weighted by Gasteiger charge is 2.19. The van der Waals surface area contributed by atoms with Crippen molar-refractivity contribution in [2.75, 3.05) is 11.9 Å². The van der Waals surface area contributed by atoms with Crippen LogP contribution in [0.1, 0.15) is 38.5 Å². The zero-order valence-electron chi connectivity index (χ0n) is 14.5. The Hall–Kier alpha value is -2.74. The molecule has 0 heterocycles. The van der Waals surface area contributed by atoms with Crippen LogP contribution in [0.5, 0.6) is 0 Å². The molecule has 1 atom stereocenters.